The Balaban J connectivity index is 1.68. The van der Waals surface area contributed by atoms with Gasteiger partial charge in [-0.3, -0.25) is 0 Å². The lowest BCUT2D eigenvalue weighted by molar-refractivity contribution is 0.533. The van der Waals surface area contributed by atoms with E-state index in [1.807, 2.05) is 12.1 Å². The summed E-state index contributed by atoms with van der Waals surface area (Å²) in [6, 6.07) is 21.9. The standard InChI is InChI=1S/C117H208N5/c1-7-13-19-25-31-37-43-49-55-61-67-73-79-86-96-107-102-111(103-108(97-87-80-74-68-62-56-50-44-38-32-26-20-14-8-2)113(107)100-92-83-77-71-65-59-53-47-41-35-29-23-17-11-5)118-116-120-115(106-94-90-85-91-95-106)121-117(122-116)119-112-104-109(98-88-81-75-69-63-57-51-45-39-33-27-21-15-9-3)114(101-93-84-78-72-66-60-54-48-42-36-30-24-18-12-6)110(105-112)99-89-82-76-70-64-58-52-46-40-34-28-22-16-10-4/h90-91,94-95,102-105H,7-84,86-89,92-93,96-101H2,1-6H3,(H2,118,119,120,121,122). The average molecular weight is 1680 g/mol. The highest BCUT2D eigenvalue weighted by atomic mass is 15.2. The molecule has 1 aromatic heterocycles. The second-order valence-corrected chi connectivity index (χ2v) is 39.5. The molecule has 5 heteroatoms. The summed E-state index contributed by atoms with van der Waals surface area (Å²) < 4.78 is 0. The minimum atomic E-state index is 0.634. The number of rotatable bonds is 95. The number of hydrogen-bond donors (Lipinski definition) is 2. The smallest absolute Gasteiger partial charge is 0.232 e. The monoisotopic (exact) mass is 1680 g/mol. The first-order valence-electron chi connectivity index (χ1n) is 56.1. The fraction of sp³-hybridized carbons (Fsp3) is 0.821. The zero-order chi connectivity index (χ0) is 86.5. The molecule has 4 rings (SSSR count). The molecule has 5 nitrogen and oxygen atoms in total. The molecule has 0 unspecified atom stereocenters. The topological polar surface area (TPSA) is 62.7 Å². The van der Waals surface area contributed by atoms with E-state index in [0.29, 0.717) is 17.7 Å². The third-order valence-corrected chi connectivity index (χ3v) is 27.8. The molecule has 0 aliphatic heterocycles. The van der Waals surface area contributed by atoms with E-state index in [1.165, 1.54) is 552 Å². The summed E-state index contributed by atoms with van der Waals surface area (Å²) in [7, 11) is 0. The Bertz CT molecular complexity index is 2560. The predicted octanol–water partition coefficient (Wildman–Crippen LogP) is 41.0. The molecule has 0 bridgehead atoms. The summed E-state index contributed by atoms with van der Waals surface area (Å²) in [5.41, 5.74) is 13.0. The number of nitrogens with one attached hydrogen (secondary N) is 2. The molecule has 0 saturated heterocycles. The maximum atomic E-state index is 5.47. The summed E-state index contributed by atoms with van der Waals surface area (Å²) in [4.78, 5) is 16.2. The van der Waals surface area contributed by atoms with E-state index in [-0.39, 0.29) is 0 Å². The molecule has 0 aliphatic rings. The Morgan fingerprint density at radius 1 is 0.189 bits per heavy atom. The van der Waals surface area contributed by atoms with Crippen LogP contribution in [0.15, 0.2) is 48.5 Å². The summed E-state index contributed by atoms with van der Waals surface area (Å²) in [5.74, 6) is 1.97. The van der Waals surface area contributed by atoms with Crippen molar-refractivity contribution in [3.8, 4) is 11.4 Å². The van der Waals surface area contributed by atoms with Crippen LogP contribution in [0.4, 0.5) is 23.3 Å². The Labute approximate surface area is 762 Å². The van der Waals surface area contributed by atoms with Crippen LogP contribution in [0.25, 0.3) is 11.4 Å². The molecule has 2 N–H and O–H groups in total. The number of aromatic nitrogens is 3. The van der Waals surface area contributed by atoms with Gasteiger partial charge >= 0.3 is 0 Å². The van der Waals surface area contributed by atoms with Crippen molar-refractivity contribution in [3.05, 3.63) is 88.0 Å². The molecule has 0 spiro atoms. The summed E-state index contributed by atoms with van der Waals surface area (Å²) in [6.45, 7) is 14.0. The molecule has 0 atom stereocenters. The van der Waals surface area contributed by atoms with Crippen molar-refractivity contribution in [2.75, 3.05) is 10.6 Å². The molecule has 1 radical (unpaired) electrons. The molecule has 122 heavy (non-hydrogen) atoms. The van der Waals surface area contributed by atoms with Gasteiger partial charge in [-0.05, 0) is 141 Å². The van der Waals surface area contributed by atoms with Gasteiger partial charge in [-0.15, -0.1) is 0 Å². The van der Waals surface area contributed by atoms with Gasteiger partial charge in [0.15, 0.2) is 5.82 Å². The quantitative estimate of drug-likeness (QED) is 0.0431. The Morgan fingerprint density at radius 3 is 0.516 bits per heavy atom. The maximum Gasteiger partial charge on any atom is 0.232 e. The first-order valence-corrected chi connectivity index (χ1v) is 56.1. The molecule has 701 valence electrons. The highest BCUT2D eigenvalue weighted by Crippen LogP contribution is 2.34. The van der Waals surface area contributed by atoms with E-state index >= 15 is 0 Å². The molecular weight excluding hydrogens is 1480 g/mol. The van der Waals surface area contributed by atoms with E-state index < -0.39 is 0 Å². The van der Waals surface area contributed by atoms with Crippen LogP contribution in [0, 0.1) is 6.07 Å². The fourth-order valence-corrected chi connectivity index (χ4v) is 19.7. The largest absolute Gasteiger partial charge is 0.324 e. The van der Waals surface area contributed by atoms with E-state index in [2.05, 4.69) is 94.6 Å². The van der Waals surface area contributed by atoms with Crippen LogP contribution in [0.5, 0.6) is 0 Å². The van der Waals surface area contributed by atoms with Gasteiger partial charge in [0.05, 0.1) is 0 Å². The lowest BCUT2D eigenvalue weighted by atomic mass is 9.89. The molecular formula is C117H208N5. The molecule has 4 aromatic rings. The van der Waals surface area contributed by atoms with E-state index in [4.69, 9.17) is 15.0 Å². The normalized spacial score (nSPS) is 11.7. The van der Waals surface area contributed by atoms with E-state index in [0.717, 1.165) is 42.6 Å². The molecule has 0 amide bonds. The first-order chi connectivity index (χ1) is 60.5. The summed E-state index contributed by atoms with van der Waals surface area (Å²) in [6.07, 6.45) is 124. The third-order valence-electron chi connectivity index (χ3n) is 27.8. The highest BCUT2D eigenvalue weighted by Gasteiger charge is 2.19. The van der Waals surface area contributed by atoms with Crippen LogP contribution in [0.3, 0.4) is 0 Å². The number of anilines is 4. The molecule has 3 aromatic carbocycles. The van der Waals surface area contributed by atoms with E-state index in [9.17, 15) is 0 Å². The van der Waals surface area contributed by atoms with Crippen LogP contribution >= 0.6 is 0 Å². The minimum Gasteiger partial charge on any atom is -0.324 e. The van der Waals surface area contributed by atoms with Gasteiger partial charge in [-0.1, -0.05) is 567 Å². The summed E-state index contributed by atoms with van der Waals surface area (Å²) in [5, 5.41) is 7.99. The first kappa shape index (κ1) is 111. The third kappa shape index (κ3) is 63.3. The molecule has 0 fully saturated rings. The minimum absolute atomic E-state index is 0.634. The number of aryl methyl sites for hydroxylation is 4. The second-order valence-electron chi connectivity index (χ2n) is 39.5. The number of benzene rings is 3. The van der Waals surface area contributed by atoms with Crippen molar-refractivity contribution in [1.82, 2.24) is 15.0 Å². The van der Waals surface area contributed by atoms with Gasteiger partial charge in [0.2, 0.25) is 11.9 Å². The highest BCUT2D eigenvalue weighted by molar-refractivity contribution is 5.66. The number of nitrogens with zero attached hydrogens (tertiary/aromatic N) is 3. The van der Waals surface area contributed by atoms with Gasteiger partial charge in [0.25, 0.3) is 0 Å². The van der Waals surface area contributed by atoms with Crippen molar-refractivity contribution in [3.63, 3.8) is 0 Å². The van der Waals surface area contributed by atoms with Gasteiger partial charge in [-0.2, -0.15) is 15.0 Å². The van der Waals surface area contributed by atoms with E-state index in [1.54, 1.807) is 33.4 Å². The van der Waals surface area contributed by atoms with Gasteiger partial charge in [0.1, 0.15) is 0 Å². The van der Waals surface area contributed by atoms with Crippen LogP contribution in [-0.4, -0.2) is 15.0 Å². The summed E-state index contributed by atoms with van der Waals surface area (Å²) >= 11 is 0. The Kier molecular flexibility index (Phi) is 77.4. The van der Waals surface area contributed by atoms with Gasteiger partial charge in [-0.25, -0.2) is 0 Å². The maximum absolute atomic E-state index is 5.47. The van der Waals surface area contributed by atoms with Crippen molar-refractivity contribution in [1.29, 1.82) is 0 Å². The SMILES string of the molecule is CCCCCCCCCCCCCCCCc1cc(Nc2nc(Nc3cc(CCCCCCCCCCCCCCCC)c(CCCCCCCCCCCCCCCC)c(CCCCCCCCCCCCCCCC)c3)nc(-c3cc[c]cc3)n2)cc(CCCCCCCCCCCCCCCC)c1CCCCCCCCCCCCCCCC. The van der Waals surface area contributed by atoms with Crippen molar-refractivity contribution < 1.29 is 0 Å². The van der Waals surface area contributed by atoms with Crippen molar-refractivity contribution >= 4 is 23.3 Å². The Hall–Kier alpha value is -3.73. The number of unbranched alkanes of at least 4 members (excludes halogenated alkanes) is 78. The van der Waals surface area contributed by atoms with Crippen LogP contribution < -0.4 is 10.6 Å². The van der Waals surface area contributed by atoms with Crippen LogP contribution in [0.2, 0.25) is 0 Å². The van der Waals surface area contributed by atoms with Gasteiger partial charge in [0, 0.05) is 16.9 Å². The van der Waals surface area contributed by atoms with Crippen molar-refractivity contribution in [2.24, 2.45) is 0 Å². The van der Waals surface area contributed by atoms with Crippen molar-refractivity contribution in [2.45, 2.75) is 619 Å². The average Bonchev–Trinajstić information content (AvgIpc) is 0.806. The zero-order valence-electron chi connectivity index (χ0n) is 83.1. The van der Waals surface area contributed by atoms with Crippen LogP contribution in [0.1, 0.15) is 614 Å². The fourth-order valence-electron chi connectivity index (χ4n) is 19.7. The predicted molar refractivity (Wildman–Crippen MR) is 548 cm³/mol. The van der Waals surface area contributed by atoms with Crippen LogP contribution in [-0.2, 0) is 38.5 Å². The Morgan fingerprint density at radius 2 is 0.344 bits per heavy atom. The zero-order valence-corrected chi connectivity index (χ0v) is 83.1. The lowest BCUT2D eigenvalue weighted by Crippen LogP contribution is -2.09. The second kappa shape index (κ2) is 85.4. The molecule has 0 saturated carbocycles. The van der Waals surface area contributed by atoms with Gasteiger partial charge < -0.3 is 10.6 Å². The molecule has 1 heterocycles. The lowest BCUT2D eigenvalue weighted by Gasteiger charge is -2.20. The molecule has 0 aliphatic carbocycles. The number of hydrogen-bond acceptors (Lipinski definition) is 5.